The Morgan fingerprint density at radius 1 is 1.44 bits per heavy atom. The third kappa shape index (κ3) is 3.80. The van der Waals surface area contributed by atoms with Crippen LogP contribution in [0.4, 0.5) is 0 Å². The summed E-state index contributed by atoms with van der Waals surface area (Å²) in [6, 6.07) is 5.63. The maximum atomic E-state index is 11.8. The van der Waals surface area contributed by atoms with Crippen molar-refractivity contribution >= 4 is 33.4 Å². The molecule has 1 rings (SSSR count). The molecule has 0 bridgehead atoms. The highest BCUT2D eigenvalue weighted by atomic mass is 79.9. The summed E-state index contributed by atoms with van der Waals surface area (Å²) in [5.41, 5.74) is 1.69. The van der Waals surface area contributed by atoms with Gasteiger partial charge in [-0.2, -0.15) is 0 Å². The van der Waals surface area contributed by atoms with Crippen LogP contribution in [0.15, 0.2) is 22.7 Å². The van der Waals surface area contributed by atoms with E-state index in [0.29, 0.717) is 12.4 Å². The maximum absolute atomic E-state index is 11.8. The van der Waals surface area contributed by atoms with E-state index < -0.39 is 0 Å². The van der Waals surface area contributed by atoms with Crippen molar-refractivity contribution in [2.45, 2.75) is 19.8 Å². The van der Waals surface area contributed by atoms with Gasteiger partial charge in [0.25, 0.3) is 5.91 Å². The summed E-state index contributed by atoms with van der Waals surface area (Å²) in [5.74, 6) is 0.625. The first-order valence-electron chi connectivity index (χ1n) is 5.26. The number of alkyl halides is 1. The molecule has 1 amide bonds. The maximum Gasteiger partial charge on any atom is 0.251 e. The van der Waals surface area contributed by atoms with Gasteiger partial charge in [0.1, 0.15) is 0 Å². The Bertz CT molecular complexity index is 368. The molecule has 0 aromatic heterocycles. The van der Waals surface area contributed by atoms with Gasteiger partial charge in [-0.25, -0.2) is 0 Å². The SMILES string of the molecule is Cc1c(Br)cccc1C(=O)NCCCCCl. The number of benzene rings is 1. The molecule has 0 aliphatic rings. The quantitative estimate of drug-likeness (QED) is 0.654. The van der Waals surface area contributed by atoms with Crippen LogP contribution in [-0.4, -0.2) is 18.3 Å². The van der Waals surface area contributed by atoms with E-state index in [0.717, 1.165) is 28.4 Å². The Kier molecular flexibility index (Phi) is 5.85. The third-order valence-electron chi connectivity index (χ3n) is 2.36. The second-order valence-corrected chi connectivity index (χ2v) is 4.80. The van der Waals surface area contributed by atoms with Crippen LogP contribution >= 0.6 is 27.5 Å². The molecular formula is C12H15BrClNO. The summed E-state index contributed by atoms with van der Waals surface area (Å²) in [6.45, 7) is 2.61. The highest BCUT2D eigenvalue weighted by Crippen LogP contribution is 2.19. The number of carbonyl (C=O) groups is 1. The van der Waals surface area contributed by atoms with E-state index in [1.807, 2.05) is 25.1 Å². The number of halogens is 2. The van der Waals surface area contributed by atoms with Gasteiger partial charge in [-0.1, -0.05) is 22.0 Å². The highest BCUT2D eigenvalue weighted by molar-refractivity contribution is 9.10. The van der Waals surface area contributed by atoms with Gasteiger partial charge in [0, 0.05) is 22.5 Å². The molecule has 0 heterocycles. The topological polar surface area (TPSA) is 29.1 Å². The fraction of sp³-hybridized carbons (Fsp3) is 0.417. The molecular weight excluding hydrogens is 289 g/mol. The zero-order valence-corrected chi connectivity index (χ0v) is 11.6. The van der Waals surface area contributed by atoms with Crippen molar-refractivity contribution in [1.82, 2.24) is 5.32 Å². The number of carbonyl (C=O) groups excluding carboxylic acids is 1. The number of amides is 1. The van der Waals surface area contributed by atoms with Gasteiger partial charge in [-0.3, -0.25) is 4.79 Å². The van der Waals surface area contributed by atoms with E-state index in [9.17, 15) is 4.79 Å². The molecule has 2 nitrogen and oxygen atoms in total. The average Bonchev–Trinajstić information content (AvgIpc) is 2.28. The Hall–Kier alpha value is -0.540. The van der Waals surface area contributed by atoms with Crippen LogP contribution in [0.2, 0.25) is 0 Å². The van der Waals surface area contributed by atoms with Crippen molar-refractivity contribution in [3.63, 3.8) is 0 Å². The summed E-state index contributed by atoms with van der Waals surface area (Å²) < 4.78 is 0.959. The van der Waals surface area contributed by atoms with Crippen molar-refractivity contribution in [2.24, 2.45) is 0 Å². The predicted octanol–water partition coefficient (Wildman–Crippen LogP) is 3.51. The van der Waals surface area contributed by atoms with Crippen LogP contribution in [0.25, 0.3) is 0 Å². The molecule has 0 atom stereocenters. The summed E-state index contributed by atoms with van der Waals surface area (Å²) in [5, 5.41) is 2.88. The van der Waals surface area contributed by atoms with Crippen LogP contribution in [-0.2, 0) is 0 Å². The second kappa shape index (κ2) is 6.92. The highest BCUT2D eigenvalue weighted by Gasteiger charge is 2.09. The van der Waals surface area contributed by atoms with Crippen LogP contribution in [0.1, 0.15) is 28.8 Å². The van der Waals surface area contributed by atoms with E-state index >= 15 is 0 Å². The lowest BCUT2D eigenvalue weighted by Crippen LogP contribution is -2.25. The van der Waals surface area contributed by atoms with Gasteiger partial charge in [0.05, 0.1) is 0 Å². The second-order valence-electron chi connectivity index (χ2n) is 3.56. The lowest BCUT2D eigenvalue weighted by molar-refractivity contribution is 0.0952. The molecule has 0 aliphatic heterocycles. The van der Waals surface area contributed by atoms with Gasteiger partial charge in [0.15, 0.2) is 0 Å². The predicted molar refractivity (Wildman–Crippen MR) is 71.2 cm³/mol. The van der Waals surface area contributed by atoms with E-state index in [2.05, 4.69) is 21.2 Å². The zero-order chi connectivity index (χ0) is 12.0. The summed E-state index contributed by atoms with van der Waals surface area (Å²) in [7, 11) is 0. The molecule has 0 saturated heterocycles. The molecule has 0 unspecified atom stereocenters. The van der Waals surface area contributed by atoms with Gasteiger partial charge in [-0.15, -0.1) is 11.6 Å². The average molecular weight is 305 g/mol. The lowest BCUT2D eigenvalue weighted by Gasteiger charge is -2.08. The first-order chi connectivity index (χ1) is 7.66. The van der Waals surface area contributed by atoms with Gasteiger partial charge >= 0.3 is 0 Å². The molecule has 0 spiro atoms. The van der Waals surface area contributed by atoms with Gasteiger partial charge in [-0.05, 0) is 37.5 Å². The molecule has 16 heavy (non-hydrogen) atoms. The van der Waals surface area contributed by atoms with Crippen molar-refractivity contribution in [1.29, 1.82) is 0 Å². The zero-order valence-electron chi connectivity index (χ0n) is 9.22. The monoisotopic (exact) mass is 303 g/mol. The Labute approximate surface area is 110 Å². The summed E-state index contributed by atoms with van der Waals surface area (Å²) in [6.07, 6.45) is 1.85. The molecule has 1 N–H and O–H groups in total. The minimum Gasteiger partial charge on any atom is -0.352 e. The molecule has 1 aromatic carbocycles. The number of rotatable bonds is 5. The smallest absolute Gasteiger partial charge is 0.251 e. The third-order valence-corrected chi connectivity index (χ3v) is 3.48. The van der Waals surface area contributed by atoms with E-state index in [4.69, 9.17) is 11.6 Å². The van der Waals surface area contributed by atoms with Crippen molar-refractivity contribution < 1.29 is 4.79 Å². The Balaban J connectivity index is 2.56. The molecule has 0 radical (unpaired) electrons. The Morgan fingerprint density at radius 3 is 2.88 bits per heavy atom. The number of unbranched alkanes of at least 4 members (excludes halogenated alkanes) is 1. The standard InChI is InChI=1S/C12H15BrClNO/c1-9-10(5-4-6-11(9)13)12(16)15-8-3-2-7-14/h4-6H,2-3,7-8H2,1H3,(H,15,16). The minimum atomic E-state index is -0.0200. The summed E-state index contributed by atoms with van der Waals surface area (Å²) >= 11 is 8.97. The van der Waals surface area contributed by atoms with Crippen LogP contribution < -0.4 is 5.32 Å². The van der Waals surface area contributed by atoms with E-state index in [-0.39, 0.29) is 5.91 Å². The van der Waals surface area contributed by atoms with E-state index in [1.165, 1.54) is 0 Å². The minimum absolute atomic E-state index is 0.0200. The van der Waals surface area contributed by atoms with Crippen molar-refractivity contribution in [2.75, 3.05) is 12.4 Å². The van der Waals surface area contributed by atoms with Crippen LogP contribution in [0.5, 0.6) is 0 Å². The fourth-order valence-electron chi connectivity index (χ4n) is 1.37. The van der Waals surface area contributed by atoms with Crippen molar-refractivity contribution in [3.8, 4) is 0 Å². The summed E-state index contributed by atoms with van der Waals surface area (Å²) in [4.78, 5) is 11.8. The molecule has 88 valence electrons. The number of hydrogen-bond donors (Lipinski definition) is 1. The van der Waals surface area contributed by atoms with Gasteiger partial charge in [0.2, 0.25) is 0 Å². The first-order valence-corrected chi connectivity index (χ1v) is 6.59. The first kappa shape index (κ1) is 13.5. The number of hydrogen-bond acceptors (Lipinski definition) is 1. The number of nitrogens with one attached hydrogen (secondary N) is 1. The molecule has 0 aliphatic carbocycles. The molecule has 0 fully saturated rings. The van der Waals surface area contributed by atoms with Crippen LogP contribution in [0.3, 0.4) is 0 Å². The van der Waals surface area contributed by atoms with Gasteiger partial charge < -0.3 is 5.32 Å². The molecule has 4 heteroatoms. The van der Waals surface area contributed by atoms with Crippen LogP contribution in [0, 0.1) is 6.92 Å². The normalized spacial score (nSPS) is 10.2. The van der Waals surface area contributed by atoms with E-state index in [1.54, 1.807) is 0 Å². The largest absolute Gasteiger partial charge is 0.352 e. The molecule has 1 aromatic rings. The fourth-order valence-corrected chi connectivity index (χ4v) is 1.93. The lowest BCUT2D eigenvalue weighted by atomic mass is 10.1. The Morgan fingerprint density at radius 2 is 2.19 bits per heavy atom. The molecule has 0 saturated carbocycles. The van der Waals surface area contributed by atoms with Crippen molar-refractivity contribution in [3.05, 3.63) is 33.8 Å².